The van der Waals surface area contributed by atoms with Crippen LogP contribution in [0.4, 0.5) is 13.2 Å². The standard InChI is InChI=1S/C22H19F3N2O2/c1-13-18(10-14-2-3-16(24)12-20(14)26-13)22(28)27-8-6-17(7-9-27)29-21-5-4-15(23)11-19(21)25/h2-5,10-12,17H,6-9H2,1H3. The van der Waals surface area contributed by atoms with Gasteiger partial charge in [0.15, 0.2) is 11.6 Å². The Kier molecular flexibility index (Phi) is 5.13. The Labute approximate surface area is 165 Å². The van der Waals surface area contributed by atoms with Gasteiger partial charge in [0.25, 0.3) is 5.91 Å². The molecule has 2 heterocycles. The zero-order valence-corrected chi connectivity index (χ0v) is 15.8. The SMILES string of the molecule is Cc1nc2cc(F)ccc2cc1C(=O)N1CCC(Oc2ccc(F)cc2F)CC1. The van der Waals surface area contributed by atoms with Gasteiger partial charge in [-0.3, -0.25) is 9.78 Å². The summed E-state index contributed by atoms with van der Waals surface area (Å²) in [5.74, 6) is -1.90. The molecule has 0 aliphatic carbocycles. The van der Waals surface area contributed by atoms with Crippen LogP contribution in [0.2, 0.25) is 0 Å². The van der Waals surface area contributed by atoms with E-state index in [2.05, 4.69) is 4.98 Å². The maximum atomic E-state index is 13.8. The van der Waals surface area contributed by atoms with Gasteiger partial charge in [-0.2, -0.15) is 0 Å². The predicted octanol–water partition coefficient (Wildman–Crippen LogP) is 4.64. The van der Waals surface area contributed by atoms with E-state index in [-0.39, 0.29) is 23.6 Å². The lowest BCUT2D eigenvalue weighted by atomic mass is 10.0. The lowest BCUT2D eigenvalue weighted by Gasteiger charge is -2.32. The number of likely N-dealkylation sites (tertiary alicyclic amines) is 1. The number of hydrogen-bond donors (Lipinski definition) is 0. The summed E-state index contributed by atoms with van der Waals surface area (Å²) in [6.45, 7) is 2.63. The molecule has 1 saturated heterocycles. The van der Waals surface area contributed by atoms with E-state index in [1.165, 1.54) is 18.2 Å². The zero-order valence-electron chi connectivity index (χ0n) is 15.8. The van der Waals surface area contributed by atoms with E-state index in [9.17, 15) is 18.0 Å². The first-order chi connectivity index (χ1) is 13.9. The second-order valence-corrected chi connectivity index (χ2v) is 7.14. The van der Waals surface area contributed by atoms with Crippen molar-refractivity contribution in [3.05, 3.63) is 71.2 Å². The second kappa shape index (κ2) is 7.73. The number of amides is 1. The Bertz CT molecular complexity index is 1080. The molecule has 4 nitrogen and oxygen atoms in total. The molecule has 2 aromatic carbocycles. The minimum atomic E-state index is -0.738. The molecule has 1 amide bonds. The van der Waals surface area contributed by atoms with E-state index < -0.39 is 11.6 Å². The van der Waals surface area contributed by atoms with E-state index in [4.69, 9.17) is 4.74 Å². The molecule has 0 atom stereocenters. The van der Waals surface area contributed by atoms with E-state index in [0.717, 1.165) is 12.1 Å². The summed E-state index contributed by atoms with van der Waals surface area (Å²) in [4.78, 5) is 19.0. The minimum Gasteiger partial charge on any atom is -0.487 e. The number of carbonyl (C=O) groups is 1. The van der Waals surface area contributed by atoms with Crippen molar-refractivity contribution >= 4 is 16.8 Å². The van der Waals surface area contributed by atoms with Crippen molar-refractivity contribution < 1.29 is 22.7 Å². The van der Waals surface area contributed by atoms with Gasteiger partial charge in [-0.15, -0.1) is 0 Å². The second-order valence-electron chi connectivity index (χ2n) is 7.14. The highest BCUT2D eigenvalue weighted by atomic mass is 19.1. The molecule has 0 saturated carbocycles. The van der Waals surface area contributed by atoms with Crippen LogP contribution in [0.3, 0.4) is 0 Å². The average Bonchev–Trinajstić information content (AvgIpc) is 2.69. The largest absolute Gasteiger partial charge is 0.487 e. The third-order valence-electron chi connectivity index (χ3n) is 5.12. The summed E-state index contributed by atoms with van der Waals surface area (Å²) in [5, 5.41) is 0.699. The number of piperidine rings is 1. The van der Waals surface area contributed by atoms with E-state index in [1.807, 2.05) is 0 Å². The van der Waals surface area contributed by atoms with Crippen LogP contribution in [0.5, 0.6) is 5.75 Å². The minimum absolute atomic E-state index is 0.0120. The summed E-state index contributed by atoms with van der Waals surface area (Å²) >= 11 is 0. The lowest BCUT2D eigenvalue weighted by molar-refractivity contribution is 0.0587. The molecule has 1 aromatic heterocycles. The Morgan fingerprint density at radius 1 is 1.03 bits per heavy atom. The summed E-state index contributed by atoms with van der Waals surface area (Å²) in [6.07, 6.45) is 0.819. The van der Waals surface area contributed by atoms with Crippen molar-refractivity contribution in [2.75, 3.05) is 13.1 Å². The molecular formula is C22H19F3N2O2. The molecule has 0 unspecified atom stereocenters. The molecular weight excluding hydrogens is 381 g/mol. The van der Waals surface area contributed by atoms with Crippen molar-refractivity contribution in [2.45, 2.75) is 25.9 Å². The Balaban J connectivity index is 1.44. The normalized spacial score (nSPS) is 15.0. The zero-order chi connectivity index (χ0) is 20.5. The smallest absolute Gasteiger partial charge is 0.255 e. The number of aryl methyl sites for hydroxylation is 1. The van der Waals surface area contributed by atoms with Gasteiger partial charge in [0.1, 0.15) is 17.7 Å². The first-order valence-electron chi connectivity index (χ1n) is 9.38. The first kappa shape index (κ1) is 19.2. The van der Waals surface area contributed by atoms with Gasteiger partial charge < -0.3 is 9.64 Å². The number of halogens is 3. The monoisotopic (exact) mass is 400 g/mol. The van der Waals surface area contributed by atoms with Crippen LogP contribution in [0.25, 0.3) is 10.9 Å². The summed E-state index contributed by atoms with van der Waals surface area (Å²) in [5.41, 5.74) is 1.53. The highest BCUT2D eigenvalue weighted by Gasteiger charge is 2.26. The fraction of sp³-hybridized carbons (Fsp3) is 0.273. The van der Waals surface area contributed by atoms with Gasteiger partial charge >= 0.3 is 0 Å². The van der Waals surface area contributed by atoms with Crippen LogP contribution in [0.1, 0.15) is 28.9 Å². The Hall–Kier alpha value is -3.09. The number of ether oxygens (including phenoxy) is 1. The van der Waals surface area contributed by atoms with E-state index >= 15 is 0 Å². The highest BCUT2D eigenvalue weighted by Crippen LogP contribution is 2.25. The van der Waals surface area contributed by atoms with Crippen LogP contribution >= 0.6 is 0 Å². The van der Waals surface area contributed by atoms with Crippen LogP contribution < -0.4 is 4.74 Å². The molecule has 3 aromatic rings. The molecule has 0 N–H and O–H groups in total. The number of benzene rings is 2. The van der Waals surface area contributed by atoms with Crippen LogP contribution in [-0.2, 0) is 0 Å². The lowest BCUT2D eigenvalue weighted by Crippen LogP contribution is -2.42. The van der Waals surface area contributed by atoms with Crippen LogP contribution in [0.15, 0.2) is 42.5 Å². The quantitative estimate of drug-likeness (QED) is 0.643. The number of pyridine rings is 1. The van der Waals surface area contributed by atoms with Gasteiger partial charge in [0, 0.05) is 43.5 Å². The maximum absolute atomic E-state index is 13.8. The van der Waals surface area contributed by atoms with Gasteiger partial charge in [-0.1, -0.05) is 0 Å². The molecule has 1 fully saturated rings. The van der Waals surface area contributed by atoms with Gasteiger partial charge in [0.2, 0.25) is 0 Å². The van der Waals surface area contributed by atoms with E-state index in [1.54, 1.807) is 24.0 Å². The number of aromatic nitrogens is 1. The van der Waals surface area contributed by atoms with Crippen molar-refractivity contribution in [3.63, 3.8) is 0 Å². The number of carbonyl (C=O) groups excluding carboxylic acids is 1. The molecule has 1 aliphatic heterocycles. The number of rotatable bonds is 3. The third kappa shape index (κ3) is 4.04. The van der Waals surface area contributed by atoms with Crippen LogP contribution in [0, 0.1) is 24.4 Å². The van der Waals surface area contributed by atoms with Crippen molar-refractivity contribution in [1.82, 2.24) is 9.88 Å². The summed E-state index contributed by atoms with van der Waals surface area (Å²) in [6, 6.07) is 9.23. The molecule has 0 bridgehead atoms. The molecule has 4 rings (SSSR count). The number of nitrogens with zero attached hydrogens (tertiary/aromatic N) is 2. The van der Waals surface area contributed by atoms with Crippen molar-refractivity contribution in [2.24, 2.45) is 0 Å². The molecule has 7 heteroatoms. The van der Waals surface area contributed by atoms with Crippen molar-refractivity contribution in [1.29, 1.82) is 0 Å². The highest BCUT2D eigenvalue weighted by molar-refractivity contribution is 5.98. The first-order valence-corrected chi connectivity index (χ1v) is 9.38. The van der Waals surface area contributed by atoms with Crippen LogP contribution in [-0.4, -0.2) is 35.0 Å². The molecule has 29 heavy (non-hydrogen) atoms. The fourth-order valence-corrected chi connectivity index (χ4v) is 3.55. The average molecular weight is 400 g/mol. The van der Waals surface area contributed by atoms with Crippen molar-refractivity contribution in [3.8, 4) is 5.75 Å². The van der Waals surface area contributed by atoms with Gasteiger partial charge in [-0.05, 0) is 37.3 Å². The van der Waals surface area contributed by atoms with Gasteiger partial charge in [-0.25, -0.2) is 13.2 Å². The molecule has 0 spiro atoms. The van der Waals surface area contributed by atoms with Gasteiger partial charge in [0.05, 0.1) is 16.8 Å². The predicted molar refractivity (Wildman–Crippen MR) is 102 cm³/mol. The third-order valence-corrected chi connectivity index (χ3v) is 5.12. The number of fused-ring (bicyclic) bond motifs is 1. The maximum Gasteiger partial charge on any atom is 0.255 e. The molecule has 0 radical (unpaired) electrons. The molecule has 150 valence electrons. The molecule has 1 aliphatic rings. The Morgan fingerprint density at radius 2 is 1.72 bits per heavy atom. The topological polar surface area (TPSA) is 42.4 Å². The fourth-order valence-electron chi connectivity index (χ4n) is 3.55. The number of hydrogen-bond acceptors (Lipinski definition) is 3. The summed E-state index contributed by atoms with van der Waals surface area (Å²) < 4.78 is 45.8. The summed E-state index contributed by atoms with van der Waals surface area (Å²) in [7, 11) is 0. The van der Waals surface area contributed by atoms with E-state index in [0.29, 0.717) is 48.1 Å². The Morgan fingerprint density at radius 3 is 2.45 bits per heavy atom.